The van der Waals surface area contributed by atoms with E-state index in [1.807, 2.05) is 10.8 Å². The highest BCUT2D eigenvalue weighted by atomic mass is 16.5. The molecule has 1 aromatic rings. The number of ether oxygens (including phenoxy) is 1. The van der Waals surface area contributed by atoms with Gasteiger partial charge in [0.25, 0.3) is 0 Å². The van der Waals surface area contributed by atoms with Crippen LogP contribution in [0.4, 0.5) is 0 Å². The Labute approximate surface area is 104 Å². The fourth-order valence-electron chi connectivity index (χ4n) is 1.91. The van der Waals surface area contributed by atoms with Gasteiger partial charge in [0.1, 0.15) is 0 Å². The Hall–Kier alpha value is -1.13. The Kier molecular flexibility index (Phi) is 5.94. The summed E-state index contributed by atoms with van der Waals surface area (Å²) in [5.74, 6) is 0. The number of nitrogens with zero attached hydrogens (tertiary/aromatic N) is 2. The Morgan fingerprint density at radius 2 is 2.18 bits per heavy atom. The van der Waals surface area contributed by atoms with Gasteiger partial charge in [0, 0.05) is 19.3 Å². The summed E-state index contributed by atoms with van der Waals surface area (Å²) in [6.45, 7) is 11.3. The van der Waals surface area contributed by atoms with E-state index in [1.165, 1.54) is 11.3 Å². The molecule has 0 fully saturated rings. The SMILES string of the molecule is C=CCn1nc(C)c(CCNCCOC)c1C. The second kappa shape index (κ2) is 7.25. The van der Waals surface area contributed by atoms with Gasteiger partial charge in [-0.3, -0.25) is 4.68 Å². The van der Waals surface area contributed by atoms with E-state index in [0.717, 1.165) is 38.4 Å². The van der Waals surface area contributed by atoms with Crippen LogP contribution in [-0.2, 0) is 17.7 Å². The third-order valence-corrected chi connectivity index (χ3v) is 2.87. The minimum Gasteiger partial charge on any atom is -0.383 e. The van der Waals surface area contributed by atoms with Crippen molar-refractivity contribution in [1.29, 1.82) is 0 Å². The van der Waals surface area contributed by atoms with E-state index >= 15 is 0 Å². The molecule has 0 spiro atoms. The van der Waals surface area contributed by atoms with Gasteiger partial charge in [0.05, 0.1) is 18.8 Å². The van der Waals surface area contributed by atoms with E-state index in [4.69, 9.17) is 4.74 Å². The van der Waals surface area contributed by atoms with Gasteiger partial charge in [0.2, 0.25) is 0 Å². The van der Waals surface area contributed by atoms with Crippen LogP contribution in [0.3, 0.4) is 0 Å². The van der Waals surface area contributed by atoms with Crippen LogP contribution in [0.1, 0.15) is 17.0 Å². The van der Waals surface area contributed by atoms with Crippen LogP contribution in [0.5, 0.6) is 0 Å². The van der Waals surface area contributed by atoms with Gasteiger partial charge in [-0.25, -0.2) is 0 Å². The molecule has 0 saturated heterocycles. The quantitative estimate of drug-likeness (QED) is 0.549. The van der Waals surface area contributed by atoms with Crippen molar-refractivity contribution < 1.29 is 4.74 Å². The second-order valence-electron chi connectivity index (χ2n) is 4.11. The highest BCUT2D eigenvalue weighted by Crippen LogP contribution is 2.13. The lowest BCUT2D eigenvalue weighted by molar-refractivity contribution is 0.199. The molecule has 0 aliphatic heterocycles. The molecule has 0 aromatic carbocycles. The average molecular weight is 237 g/mol. The maximum Gasteiger partial charge on any atom is 0.0629 e. The van der Waals surface area contributed by atoms with Crippen LogP contribution in [0, 0.1) is 13.8 Å². The van der Waals surface area contributed by atoms with Crippen molar-refractivity contribution in [3.8, 4) is 0 Å². The molecule has 1 N–H and O–H groups in total. The fourth-order valence-corrected chi connectivity index (χ4v) is 1.91. The van der Waals surface area contributed by atoms with Crippen LogP contribution in [0.15, 0.2) is 12.7 Å². The second-order valence-corrected chi connectivity index (χ2v) is 4.11. The summed E-state index contributed by atoms with van der Waals surface area (Å²) in [5.41, 5.74) is 3.71. The topological polar surface area (TPSA) is 39.1 Å². The van der Waals surface area contributed by atoms with E-state index in [1.54, 1.807) is 7.11 Å². The molecule has 0 aliphatic carbocycles. The molecular formula is C13H23N3O. The zero-order chi connectivity index (χ0) is 12.7. The zero-order valence-electron chi connectivity index (χ0n) is 11.1. The highest BCUT2D eigenvalue weighted by molar-refractivity contribution is 5.25. The Morgan fingerprint density at radius 1 is 1.41 bits per heavy atom. The maximum absolute atomic E-state index is 4.99. The number of nitrogens with one attached hydrogen (secondary N) is 1. The molecule has 17 heavy (non-hydrogen) atoms. The number of methoxy groups -OCH3 is 1. The molecule has 0 bridgehead atoms. The molecule has 0 amide bonds. The lowest BCUT2D eigenvalue weighted by Gasteiger charge is -2.05. The Balaban J connectivity index is 2.49. The van der Waals surface area contributed by atoms with E-state index in [2.05, 4.69) is 30.8 Å². The number of rotatable bonds is 8. The normalized spacial score (nSPS) is 10.8. The van der Waals surface area contributed by atoms with Gasteiger partial charge in [-0.2, -0.15) is 5.10 Å². The summed E-state index contributed by atoms with van der Waals surface area (Å²) in [6, 6.07) is 0. The van der Waals surface area contributed by atoms with E-state index in [9.17, 15) is 0 Å². The smallest absolute Gasteiger partial charge is 0.0629 e. The van der Waals surface area contributed by atoms with E-state index < -0.39 is 0 Å². The van der Waals surface area contributed by atoms with Gasteiger partial charge in [0.15, 0.2) is 0 Å². The lowest BCUT2D eigenvalue weighted by atomic mass is 10.1. The largest absolute Gasteiger partial charge is 0.383 e. The number of hydrogen-bond donors (Lipinski definition) is 1. The van der Waals surface area contributed by atoms with Gasteiger partial charge in [-0.15, -0.1) is 6.58 Å². The lowest BCUT2D eigenvalue weighted by Crippen LogP contribution is -2.22. The van der Waals surface area contributed by atoms with Gasteiger partial charge in [-0.1, -0.05) is 6.08 Å². The van der Waals surface area contributed by atoms with Gasteiger partial charge in [-0.05, 0) is 32.4 Å². The minimum atomic E-state index is 0.758. The van der Waals surface area contributed by atoms with E-state index in [0.29, 0.717) is 0 Å². The number of hydrogen-bond acceptors (Lipinski definition) is 3. The van der Waals surface area contributed by atoms with E-state index in [-0.39, 0.29) is 0 Å². The maximum atomic E-state index is 4.99. The van der Waals surface area contributed by atoms with Crippen LogP contribution < -0.4 is 5.32 Å². The van der Waals surface area contributed by atoms with Crippen molar-refractivity contribution in [2.45, 2.75) is 26.8 Å². The first kappa shape index (κ1) is 13.9. The summed E-state index contributed by atoms with van der Waals surface area (Å²) in [4.78, 5) is 0. The third-order valence-electron chi connectivity index (χ3n) is 2.87. The van der Waals surface area contributed by atoms with Crippen molar-refractivity contribution in [1.82, 2.24) is 15.1 Å². The van der Waals surface area contributed by atoms with Crippen LogP contribution in [0.2, 0.25) is 0 Å². The Morgan fingerprint density at radius 3 is 2.82 bits per heavy atom. The van der Waals surface area contributed by atoms with Crippen LogP contribution >= 0.6 is 0 Å². The molecular weight excluding hydrogens is 214 g/mol. The molecule has 0 aliphatic rings. The number of aromatic nitrogens is 2. The molecule has 1 rings (SSSR count). The summed E-state index contributed by atoms with van der Waals surface area (Å²) in [7, 11) is 1.72. The monoisotopic (exact) mass is 237 g/mol. The summed E-state index contributed by atoms with van der Waals surface area (Å²) < 4.78 is 6.99. The van der Waals surface area contributed by atoms with Gasteiger partial charge >= 0.3 is 0 Å². The molecule has 0 unspecified atom stereocenters. The molecule has 0 saturated carbocycles. The molecule has 0 atom stereocenters. The molecule has 96 valence electrons. The zero-order valence-corrected chi connectivity index (χ0v) is 11.1. The molecule has 4 heteroatoms. The molecule has 0 radical (unpaired) electrons. The summed E-state index contributed by atoms with van der Waals surface area (Å²) in [5, 5.41) is 7.86. The van der Waals surface area contributed by atoms with Crippen molar-refractivity contribution in [3.63, 3.8) is 0 Å². The van der Waals surface area contributed by atoms with Crippen molar-refractivity contribution >= 4 is 0 Å². The summed E-state index contributed by atoms with van der Waals surface area (Å²) >= 11 is 0. The fraction of sp³-hybridized carbons (Fsp3) is 0.615. The molecule has 4 nitrogen and oxygen atoms in total. The third kappa shape index (κ3) is 3.98. The summed E-state index contributed by atoms with van der Waals surface area (Å²) in [6.07, 6.45) is 2.89. The molecule has 1 heterocycles. The first-order valence-electron chi connectivity index (χ1n) is 6.04. The number of allylic oxidation sites excluding steroid dienone is 1. The average Bonchev–Trinajstić information content (AvgIpc) is 2.56. The van der Waals surface area contributed by atoms with Crippen LogP contribution in [0.25, 0.3) is 0 Å². The Bertz CT molecular complexity index is 358. The van der Waals surface area contributed by atoms with Crippen molar-refractivity contribution in [2.24, 2.45) is 0 Å². The van der Waals surface area contributed by atoms with Gasteiger partial charge < -0.3 is 10.1 Å². The first-order valence-corrected chi connectivity index (χ1v) is 6.04. The molecule has 1 aromatic heterocycles. The minimum absolute atomic E-state index is 0.758. The standard InChI is InChI=1S/C13H23N3O/c1-5-9-16-12(3)13(11(2)15-16)6-7-14-8-10-17-4/h5,14H,1,6-10H2,2-4H3. The number of aryl methyl sites for hydroxylation is 1. The first-order chi connectivity index (χ1) is 8.20. The van der Waals surface area contributed by atoms with Crippen molar-refractivity contribution in [3.05, 3.63) is 29.6 Å². The predicted molar refractivity (Wildman–Crippen MR) is 70.3 cm³/mol. The highest BCUT2D eigenvalue weighted by Gasteiger charge is 2.09. The van der Waals surface area contributed by atoms with Crippen LogP contribution in [-0.4, -0.2) is 36.6 Å². The predicted octanol–water partition coefficient (Wildman–Crippen LogP) is 1.46. The van der Waals surface area contributed by atoms with Crippen molar-refractivity contribution in [2.75, 3.05) is 26.8 Å².